The zero-order valence-electron chi connectivity index (χ0n) is 16.9. The Bertz CT molecular complexity index is 1270. The first-order valence-corrected chi connectivity index (χ1v) is 11.1. The first kappa shape index (κ1) is 21.8. The molecule has 2 heterocycles. The second kappa shape index (κ2) is 9.01. The Morgan fingerprint density at radius 3 is 2.62 bits per heavy atom. The number of amidine groups is 1. The summed E-state index contributed by atoms with van der Waals surface area (Å²) < 4.78 is 27.5. The maximum atomic E-state index is 14.2. The third kappa shape index (κ3) is 4.76. The van der Waals surface area contributed by atoms with E-state index in [0.29, 0.717) is 27.5 Å². The van der Waals surface area contributed by atoms with Crippen molar-refractivity contribution in [2.24, 2.45) is 4.99 Å². The van der Waals surface area contributed by atoms with Crippen molar-refractivity contribution in [3.05, 3.63) is 75.6 Å². The Labute approximate surface area is 190 Å². The van der Waals surface area contributed by atoms with Crippen molar-refractivity contribution in [3.8, 4) is 0 Å². The molecule has 0 bridgehead atoms. The van der Waals surface area contributed by atoms with E-state index in [0.717, 1.165) is 27.9 Å². The molecule has 4 rings (SSSR count). The van der Waals surface area contributed by atoms with Crippen LogP contribution in [0.3, 0.4) is 0 Å². The number of carbonyl (C=O) groups excluding carboxylic acids is 2. The summed E-state index contributed by atoms with van der Waals surface area (Å²) in [7, 11) is 0. The van der Waals surface area contributed by atoms with E-state index >= 15 is 0 Å². The van der Waals surface area contributed by atoms with Crippen LogP contribution in [0, 0.1) is 18.6 Å². The van der Waals surface area contributed by atoms with Gasteiger partial charge in [-0.25, -0.2) is 18.8 Å². The second-order valence-corrected chi connectivity index (χ2v) is 8.69. The first-order chi connectivity index (χ1) is 15.3. The monoisotopic (exact) mass is 470 g/mol. The maximum absolute atomic E-state index is 14.2. The van der Waals surface area contributed by atoms with Crippen molar-refractivity contribution in [3.63, 3.8) is 0 Å². The maximum Gasteiger partial charge on any atom is 0.264 e. The number of thioether (sulfide) groups is 1. The summed E-state index contributed by atoms with van der Waals surface area (Å²) in [6.07, 6.45) is 1.57. The highest BCUT2D eigenvalue weighted by Gasteiger charge is 2.25. The highest BCUT2D eigenvalue weighted by molar-refractivity contribution is 8.18. The topological polar surface area (TPSA) is 74.7 Å². The molecule has 1 aromatic heterocycles. The van der Waals surface area contributed by atoms with Crippen molar-refractivity contribution in [1.82, 2.24) is 10.3 Å². The van der Waals surface area contributed by atoms with Gasteiger partial charge in [-0.2, -0.15) is 0 Å². The number of amides is 2. The van der Waals surface area contributed by atoms with Crippen molar-refractivity contribution >= 4 is 62.7 Å². The number of hydrogen-bond donors (Lipinski definition) is 1. The number of thiazole rings is 1. The molecule has 0 saturated carbocycles. The molecule has 1 saturated heterocycles. The van der Waals surface area contributed by atoms with Crippen molar-refractivity contribution in [1.29, 1.82) is 0 Å². The molecule has 0 unspecified atom stereocenters. The molecule has 1 N–H and O–H groups in total. The van der Waals surface area contributed by atoms with Gasteiger partial charge in [0.05, 0.1) is 22.0 Å². The minimum absolute atomic E-state index is 0.104. The zero-order valence-corrected chi connectivity index (χ0v) is 18.6. The summed E-state index contributed by atoms with van der Waals surface area (Å²) >= 11 is 2.27. The van der Waals surface area contributed by atoms with Crippen molar-refractivity contribution in [2.75, 3.05) is 4.90 Å². The number of rotatable bonds is 4. The lowest BCUT2D eigenvalue weighted by atomic mass is 10.2. The van der Waals surface area contributed by atoms with Gasteiger partial charge in [0.25, 0.3) is 5.91 Å². The van der Waals surface area contributed by atoms with E-state index in [2.05, 4.69) is 15.3 Å². The standard InChI is InChI=1S/C22H16F2N4O2S2/c1-12-3-6-15(7-4-12)25-21-27-20(30)19(32-21)10-16-11-31-22(26-16)28(13(2)29)18-8-5-14(23)9-17(18)24/h3-11H,1-2H3,(H,25,27,30)/b19-10+. The van der Waals surface area contributed by atoms with Gasteiger partial charge in [-0.1, -0.05) is 17.7 Å². The van der Waals surface area contributed by atoms with Crippen LogP contribution in [0.15, 0.2) is 57.7 Å². The summed E-state index contributed by atoms with van der Waals surface area (Å²) in [4.78, 5) is 34.7. The van der Waals surface area contributed by atoms with E-state index in [1.54, 1.807) is 11.5 Å². The van der Waals surface area contributed by atoms with Gasteiger partial charge in [0.15, 0.2) is 10.3 Å². The lowest BCUT2D eigenvalue weighted by molar-refractivity contribution is -0.116. The van der Waals surface area contributed by atoms with Gasteiger partial charge in [0.2, 0.25) is 5.91 Å². The van der Waals surface area contributed by atoms with Crippen LogP contribution in [0.5, 0.6) is 0 Å². The van der Waals surface area contributed by atoms with E-state index in [4.69, 9.17) is 0 Å². The molecule has 0 aliphatic carbocycles. The van der Waals surface area contributed by atoms with Crippen LogP contribution in [0.1, 0.15) is 18.2 Å². The van der Waals surface area contributed by atoms with Crippen LogP contribution in [-0.4, -0.2) is 22.0 Å². The molecule has 0 atom stereocenters. The van der Waals surface area contributed by atoms with Gasteiger partial charge in [-0.15, -0.1) is 11.3 Å². The number of anilines is 2. The minimum Gasteiger partial charge on any atom is -0.300 e. The highest BCUT2D eigenvalue weighted by Crippen LogP contribution is 2.33. The molecule has 10 heteroatoms. The predicted octanol–water partition coefficient (Wildman–Crippen LogP) is 5.31. The van der Waals surface area contributed by atoms with Crippen LogP contribution in [0.4, 0.5) is 25.3 Å². The van der Waals surface area contributed by atoms with E-state index in [9.17, 15) is 18.4 Å². The van der Waals surface area contributed by atoms with E-state index < -0.39 is 17.5 Å². The average Bonchev–Trinajstić information content (AvgIpc) is 3.32. The van der Waals surface area contributed by atoms with Crippen LogP contribution in [0.25, 0.3) is 6.08 Å². The molecule has 1 fully saturated rings. The third-order valence-electron chi connectivity index (χ3n) is 4.36. The van der Waals surface area contributed by atoms with E-state index in [1.165, 1.54) is 24.8 Å². The van der Waals surface area contributed by atoms with E-state index in [1.807, 2.05) is 31.2 Å². The number of nitrogens with zero attached hydrogens (tertiary/aromatic N) is 3. The van der Waals surface area contributed by atoms with Crippen LogP contribution >= 0.6 is 23.1 Å². The third-order valence-corrected chi connectivity index (χ3v) is 6.11. The number of aliphatic imine (C=N–C) groups is 1. The highest BCUT2D eigenvalue weighted by atomic mass is 32.2. The molecule has 6 nitrogen and oxygen atoms in total. The van der Waals surface area contributed by atoms with Gasteiger partial charge in [-0.05, 0) is 49.0 Å². The van der Waals surface area contributed by atoms with Gasteiger partial charge < -0.3 is 5.32 Å². The normalized spacial score (nSPS) is 15.9. The fourth-order valence-electron chi connectivity index (χ4n) is 2.87. The molecule has 1 aliphatic heterocycles. The lowest BCUT2D eigenvalue weighted by Gasteiger charge is -2.18. The first-order valence-electron chi connectivity index (χ1n) is 9.37. The molecule has 2 amide bonds. The zero-order chi connectivity index (χ0) is 22.8. The number of halogens is 2. The van der Waals surface area contributed by atoms with Crippen molar-refractivity contribution < 1.29 is 18.4 Å². The average molecular weight is 471 g/mol. The summed E-state index contributed by atoms with van der Waals surface area (Å²) in [5.74, 6) is -2.42. The number of aryl methyl sites for hydroxylation is 1. The van der Waals surface area contributed by atoms with Crippen molar-refractivity contribution in [2.45, 2.75) is 13.8 Å². The van der Waals surface area contributed by atoms with E-state index in [-0.39, 0.29) is 16.7 Å². The quantitative estimate of drug-likeness (QED) is 0.525. The Balaban J connectivity index is 1.58. The number of nitrogens with one attached hydrogen (secondary N) is 1. The summed E-state index contributed by atoms with van der Waals surface area (Å²) in [6.45, 7) is 3.24. The minimum atomic E-state index is -0.877. The Morgan fingerprint density at radius 1 is 1.19 bits per heavy atom. The Morgan fingerprint density at radius 2 is 1.94 bits per heavy atom. The van der Waals surface area contributed by atoms with Crippen LogP contribution in [0.2, 0.25) is 0 Å². The van der Waals surface area contributed by atoms with Gasteiger partial charge >= 0.3 is 0 Å². The molecule has 1 aliphatic rings. The molecule has 32 heavy (non-hydrogen) atoms. The fraction of sp³-hybridized carbons (Fsp3) is 0.0909. The van der Waals surface area contributed by atoms with Crippen LogP contribution < -0.4 is 10.2 Å². The lowest BCUT2D eigenvalue weighted by Crippen LogP contribution is -2.23. The molecule has 0 radical (unpaired) electrons. The van der Waals surface area contributed by atoms with Gasteiger partial charge in [0, 0.05) is 18.4 Å². The largest absolute Gasteiger partial charge is 0.300 e. The summed E-state index contributed by atoms with van der Waals surface area (Å²) in [6, 6.07) is 10.5. The van der Waals surface area contributed by atoms with Crippen LogP contribution in [-0.2, 0) is 9.59 Å². The SMILES string of the molecule is CC(=O)N(c1nc(/C=C2/SC(=Nc3ccc(C)cc3)NC2=O)cs1)c1ccc(F)cc1F. The molecular weight excluding hydrogens is 454 g/mol. The molecule has 2 aromatic carbocycles. The number of hydrogen-bond acceptors (Lipinski definition) is 6. The fourth-order valence-corrected chi connectivity index (χ4v) is 4.53. The molecule has 0 spiro atoms. The predicted molar refractivity (Wildman–Crippen MR) is 123 cm³/mol. The molecule has 3 aromatic rings. The van der Waals surface area contributed by atoms with Gasteiger partial charge in [0.1, 0.15) is 11.6 Å². The number of aromatic nitrogens is 1. The Hall–Kier alpha value is -3.37. The summed E-state index contributed by atoms with van der Waals surface area (Å²) in [5, 5.41) is 4.99. The Kier molecular flexibility index (Phi) is 6.15. The molecular formula is C22H16F2N4O2S2. The smallest absolute Gasteiger partial charge is 0.264 e. The van der Waals surface area contributed by atoms with Gasteiger partial charge in [-0.3, -0.25) is 14.5 Å². The second-order valence-electron chi connectivity index (χ2n) is 6.82. The number of benzene rings is 2. The molecule has 162 valence electrons. The number of carbonyl (C=O) groups is 2. The summed E-state index contributed by atoms with van der Waals surface area (Å²) in [5.41, 5.74) is 2.15.